The number of nitrogens with zero attached hydrogens (tertiary/aromatic N) is 4. The molecule has 0 aliphatic carbocycles. The Labute approximate surface area is 109 Å². The number of carbonyl (C=O) groups is 1. The van der Waals surface area contributed by atoms with Gasteiger partial charge in [-0.3, -0.25) is 4.79 Å². The van der Waals surface area contributed by atoms with E-state index in [1.54, 1.807) is 0 Å². The van der Waals surface area contributed by atoms with Gasteiger partial charge in [0.2, 0.25) is 0 Å². The maximum absolute atomic E-state index is 11.7. The first kappa shape index (κ1) is 12.8. The summed E-state index contributed by atoms with van der Waals surface area (Å²) in [5.74, 6) is -0.380. The van der Waals surface area contributed by atoms with E-state index in [0.29, 0.717) is 11.2 Å². The molecule has 0 atom stereocenters. The van der Waals surface area contributed by atoms with Crippen molar-refractivity contribution in [3.63, 3.8) is 0 Å². The van der Waals surface area contributed by atoms with Gasteiger partial charge in [-0.15, -0.1) is 0 Å². The lowest BCUT2D eigenvalue weighted by atomic mass is 10.2. The molecule has 0 fully saturated rings. The fourth-order valence-corrected chi connectivity index (χ4v) is 1.57. The monoisotopic (exact) mass is 268 g/mol. The molecule has 2 aromatic heterocycles. The molecule has 2 rings (SSSR count). The number of halogens is 1. The summed E-state index contributed by atoms with van der Waals surface area (Å²) in [6.07, 6.45) is 2.96. The van der Waals surface area contributed by atoms with E-state index in [4.69, 9.17) is 16.3 Å². The Bertz CT molecular complexity index is 588. The molecular formula is C11H13ClN4O2. The summed E-state index contributed by atoms with van der Waals surface area (Å²) in [4.78, 5) is 19.8. The Morgan fingerprint density at radius 1 is 1.44 bits per heavy atom. The van der Waals surface area contributed by atoms with Crippen molar-refractivity contribution in [2.24, 2.45) is 0 Å². The van der Waals surface area contributed by atoms with Crippen LogP contribution in [0.15, 0.2) is 12.4 Å². The highest BCUT2D eigenvalue weighted by atomic mass is 35.5. The third kappa shape index (κ3) is 2.95. The zero-order valence-corrected chi connectivity index (χ0v) is 11.1. The van der Waals surface area contributed by atoms with Crippen molar-refractivity contribution in [1.82, 2.24) is 19.7 Å². The minimum Gasteiger partial charge on any atom is -0.459 e. The van der Waals surface area contributed by atoms with Gasteiger partial charge in [0.1, 0.15) is 22.8 Å². The second-order valence-corrected chi connectivity index (χ2v) is 5.18. The third-order valence-electron chi connectivity index (χ3n) is 2.01. The SMILES string of the molecule is CC(C)(C)OC(=O)Cn1ncc2ncc(Cl)nc21. The van der Waals surface area contributed by atoms with Crippen LogP contribution < -0.4 is 0 Å². The van der Waals surface area contributed by atoms with Gasteiger partial charge < -0.3 is 4.74 Å². The van der Waals surface area contributed by atoms with Gasteiger partial charge in [0.05, 0.1) is 12.4 Å². The van der Waals surface area contributed by atoms with Crippen LogP contribution in [-0.2, 0) is 16.1 Å². The van der Waals surface area contributed by atoms with E-state index >= 15 is 0 Å². The average Bonchev–Trinajstić information content (AvgIpc) is 2.58. The van der Waals surface area contributed by atoms with Crippen LogP contribution in [0.1, 0.15) is 20.8 Å². The summed E-state index contributed by atoms with van der Waals surface area (Å²) in [5.41, 5.74) is 0.528. The number of hydrogen-bond acceptors (Lipinski definition) is 5. The number of fused-ring (bicyclic) bond motifs is 1. The molecule has 0 radical (unpaired) electrons. The van der Waals surface area contributed by atoms with E-state index in [1.165, 1.54) is 17.1 Å². The number of carbonyl (C=O) groups excluding carboxylic acids is 1. The van der Waals surface area contributed by atoms with Crippen LogP contribution in [0.25, 0.3) is 11.2 Å². The molecule has 0 unspecified atom stereocenters. The standard InChI is InChI=1S/C11H13ClN4O2/c1-11(2,3)18-9(17)6-16-10-7(4-14-16)13-5-8(12)15-10/h4-5H,6H2,1-3H3. The van der Waals surface area contributed by atoms with Crippen LogP contribution in [0.3, 0.4) is 0 Å². The molecule has 2 aromatic rings. The summed E-state index contributed by atoms with van der Waals surface area (Å²) in [7, 11) is 0. The Kier molecular flexibility index (Phi) is 3.21. The number of aromatic nitrogens is 4. The lowest BCUT2D eigenvalue weighted by Crippen LogP contribution is -2.26. The predicted octanol–water partition coefficient (Wildman–Crippen LogP) is 1.82. The van der Waals surface area contributed by atoms with Crippen LogP contribution in [0.2, 0.25) is 5.15 Å². The van der Waals surface area contributed by atoms with Crippen molar-refractivity contribution >= 4 is 28.7 Å². The predicted molar refractivity (Wildman–Crippen MR) is 66.2 cm³/mol. The minimum absolute atomic E-state index is 0.0181. The van der Waals surface area contributed by atoms with Gasteiger partial charge in [-0.2, -0.15) is 5.10 Å². The first-order valence-electron chi connectivity index (χ1n) is 5.41. The first-order valence-corrected chi connectivity index (χ1v) is 5.79. The molecule has 0 amide bonds. The lowest BCUT2D eigenvalue weighted by Gasteiger charge is -2.19. The van der Waals surface area contributed by atoms with Crippen molar-refractivity contribution < 1.29 is 9.53 Å². The lowest BCUT2D eigenvalue weighted by molar-refractivity contribution is -0.155. The van der Waals surface area contributed by atoms with Gasteiger partial charge in [0.15, 0.2) is 5.65 Å². The highest BCUT2D eigenvalue weighted by Crippen LogP contribution is 2.13. The van der Waals surface area contributed by atoms with Crippen molar-refractivity contribution in [1.29, 1.82) is 0 Å². The van der Waals surface area contributed by atoms with E-state index in [2.05, 4.69) is 15.1 Å². The van der Waals surface area contributed by atoms with Gasteiger partial charge in [0.25, 0.3) is 0 Å². The first-order chi connectivity index (χ1) is 8.35. The Hall–Kier alpha value is -1.69. The van der Waals surface area contributed by atoms with Gasteiger partial charge in [-0.25, -0.2) is 14.6 Å². The average molecular weight is 269 g/mol. The summed E-state index contributed by atoms with van der Waals surface area (Å²) < 4.78 is 6.63. The molecule has 0 saturated heterocycles. The van der Waals surface area contributed by atoms with E-state index in [9.17, 15) is 4.79 Å². The number of ether oxygens (including phenoxy) is 1. The quantitative estimate of drug-likeness (QED) is 0.777. The van der Waals surface area contributed by atoms with Crippen molar-refractivity contribution in [3.05, 3.63) is 17.5 Å². The van der Waals surface area contributed by atoms with Crippen molar-refractivity contribution in [3.8, 4) is 0 Å². The second-order valence-electron chi connectivity index (χ2n) is 4.79. The molecule has 0 N–H and O–H groups in total. The molecule has 0 saturated carbocycles. The zero-order chi connectivity index (χ0) is 13.3. The molecule has 2 heterocycles. The molecule has 0 spiro atoms. The fraction of sp³-hybridized carbons (Fsp3) is 0.455. The third-order valence-corrected chi connectivity index (χ3v) is 2.20. The molecule has 0 aliphatic heterocycles. The molecular weight excluding hydrogens is 256 g/mol. The summed E-state index contributed by atoms with van der Waals surface area (Å²) in [6.45, 7) is 5.41. The normalized spacial score (nSPS) is 11.8. The maximum atomic E-state index is 11.7. The summed E-state index contributed by atoms with van der Waals surface area (Å²) in [6, 6.07) is 0. The molecule has 6 nitrogen and oxygen atoms in total. The number of esters is 1. The summed E-state index contributed by atoms with van der Waals surface area (Å²) in [5, 5.41) is 4.30. The number of hydrogen-bond donors (Lipinski definition) is 0. The van der Waals surface area contributed by atoms with E-state index in [-0.39, 0.29) is 17.7 Å². The smallest absolute Gasteiger partial charge is 0.328 e. The Balaban J connectivity index is 2.22. The van der Waals surface area contributed by atoms with Gasteiger partial charge in [-0.05, 0) is 20.8 Å². The topological polar surface area (TPSA) is 69.9 Å². The minimum atomic E-state index is -0.524. The Morgan fingerprint density at radius 2 is 2.17 bits per heavy atom. The van der Waals surface area contributed by atoms with E-state index in [0.717, 1.165) is 0 Å². The second kappa shape index (κ2) is 4.53. The van der Waals surface area contributed by atoms with Crippen LogP contribution in [0.4, 0.5) is 0 Å². The highest BCUT2D eigenvalue weighted by molar-refractivity contribution is 6.29. The Morgan fingerprint density at radius 3 is 2.83 bits per heavy atom. The molecule has 0 aliphatic rings. The largest absolute Gasteiger partial charge is 0.459 e. The van der Waals surface area contributed by atoms with E-state index in [1.807, 2.05) is 20.8 Å². The van der Waals surface area contributed by atoms with Crippen LogP contribution >= 0.6 is 11.6 Å². The van der Waals surface area contributed by atoms with Crippen LogP contribution in [0, 0.1) is 0 Å². The van der Waals surface area contributed by atoms with Crippen LogP contribution in [-0.4, -0.2) is 31.3 Å². The number of rotatable bonds is 2. The molecule has 96 valence electrons. The van der Waals surface area contributed by atoms with Gasteiger partial charge >= 0.3 is 5.97 Å². The molecule has 7 heteroatoms. The highest BCUT2D eigenvalue weighted by Gasteiger charge is 2.18. The van der Waals surface area contributed by atoms with E-state index < -0.39 is 5.60 Å². The summed E-state index contributed by atoms with van der Waals surface area (Å²) >= 11 is 5.76. The maximum Gasteiger partial charge on any atom is 0.328 e. The molecule has 18 heavy (non-hydrogen) atoms. The molecule has 0 bridgehead atoms. The fourth-order valence-electron chi connectivity index (χ4n) is 1.44. The van der Waals surface area contributed by atoms with Gasteiger partial charge in [-0.1, -0.05) is 11.6 Å². The van der Waals surface area contributed by atoms with Crippen LogP contribution in [0.5, 0.6) is 0 Å². The van der Waals surface area contributed by atoms with Gasteiger partial charge in [0, 0.05) is 0 Å². The zero-order valence-electron chi connectivity index (χ0n) is 10.3. The van der Waals surface area contributed by atoms with Crippen molar-refractivity contribution in [2.75, 3.05) is 0 Å². The van der Waals surface area contributed by atoms with Crippen molar-refractivity contribution in [2.45, 2.75) is 32.9 Å². The molecule has 0 aromatic carbocycles.